The Hall–Kier alpha value is -14.3. The molecule has 113 heavy (non-hydrogen) atoms. The Morgan fingerprint density at radius 2 is 0.487 bits per heavy atom. The van der Waals surface area contributed by atoms with Crippen LogP contribution in [0, 0.1) is 0 Å². The van der Waals surface area contributed by atoms with E-state index in [9.17, 15) is 0 Å². The molecule has 0 saturated heterocycles. The summed E-state index contributed by atoms with van der Waals surface area (Å²) in [5, 5.41) is 36.4. The smallest absolute Gasteiger partial charge is 0.0484 e. The van der Waals surface area contributed by atoms with Crippen LogP contribution in [0.2, 0.25) is 5.02 Å². The van der Waals surface area contributed by atoms with Gasteiger partial charge in [0.2, 0.25) is 0 Å². The van der Waals surface area contributed by atoms with Gasteiger partial charge < -0.3 is 0 Å². The molecule has 0 spiro atoms. The van der Waals surface area contributed by atoms with Crippen LogP contribution in [0.5, 0.6) is 0 Å². The maximum absolute atomic E-state index is 7.56. The van der Waals surface area contributed by atoms with E-state index in [2.05, 4.69) is 358 Å². The zero-order chi connectivity index (χ0) is 73.3. The van der Waals surface area contributed by atoms with Crippen molar-refractivity contribution in [2.45, 2.75) is 0 Å². The second-order valence-electron chi connectivity index (χ2n) is 31.9. The van der Waals surface area contributed by atoms with Crippen LogP contribution in [0.4, 0.5) is 0 Å². The van der Waals surface area contributed by atoms with Gasteiger partial charge in [-0.15, -0.1) is 0 Å². The van der Waals surface area contributed by atoms with Gasteiger partial charge >= 0.3 is 0 Å². The van der Waals surface area contributed by atoms with Crippen LogP contribution < -0.4 is 0 Å². The van der Waals surface area contributed by atoms with Crippen molar-refractivity contribution in [2.75, 3.05) is 0 Å². The summed E-state index contributed by atoms with van der Waals surface area (Å²) >= 11 is 7.56. The van der Waals surface area contributed by atoms with Crippen LogP contribution in [0.15, 0.2) is 358 Å². The highest BCUT2D eigenvalue weighted by atomic mass is 35.5. The van der Waals surface area contributed by atoms with Gasteiger partial charge in [0, 0.05) is 10.6 Å². The van der Waals surface area contributed by atoms with E-state index < -0.39 is 0 Å². The van der Waals surface area contributed by atoms with Crippen LogP contribution in [0.3, 0.4) is 0 Å². The molecule has 0 nitrogen and oxygen atoms in total. The van der Waals surface area contributed by atoms with Crippen molar-refractivity contribution in [2.24, 2.45) is 0 Å². The lowest BCUT2D eigenvalue weighted by molar-refractivity contribution is 1.61. The molecule has 0 saturated carbocycles. The molecule has 0 amide bonds. The normalized spacial score (nSPS) is 12.6. The third-order valence-electron chi connectivity index (χ3n) is 26.5. The van der Waals surface area contributed by atoms with E-state index in [1.165, 1.54) is 268 Å². The van der Waals surface area contributed by atoms with Gasteiger partial charge in [0.15, 0.2) is 0 Å². The Bertz CT molecular complexity index is 8430. The van der Waals surface area contributed by atoms with Gasteiger partial charge in [0.1, 0.15) is 0 Å². The van der Waals surface area contributed by atoms with Crippen molar-refractivity contribution in [1.29, 1.82) is 0 Å². The molecular weight excluding hydrogens is 1380 g/mol. The van der Waals surface area contributed by atoms with Crippen molar-refractivity contribution >= 4 is 162 Å². The fraction of sp³-hybridized carbons (Fsp3) is 0. The van der Waals surface area contributed by atoms with E-state index >= 15 is 0 Å². The van der Waals surface area contributed by atoms with E-state index in [0.717, 1.165) is 21.7 Å². The molecule has 0 fully saturated rings. The summed E-state index contributed by atoms with van der Waals surface area (Å²) in [4.78, 5) is 0. The van der Waals surface area contributed by atoms with Gasteiger partial charge in [0.25, 0.3) is 0 Å². The molecule has 24 aromatic carbocycles. The van der Waals surface area contributed by atoms with Gasteiger partial charge in [-0.2, -0.15) is 0 Å². The maximum Gasteiger partial charge on any atom is 0.0484 e. The summed E-state index contributed by atoms with van der Waals surface area (Å²) in [5.74, 6) is 0. The summed E-state index contributed by atoms with van der Waals surface area (Å²) in [7, 11) is 0. The first-order valence-electron chi connectivity index (χ1n) is 39.5. The fourth-order valence-corrected chi connectivity index (χ4v) is 22.1. The fourth-order valence-electron chi connectivity index (χ4n) is 21.9. The van der Waals surface area contributed by atoms with Gasteiger partial charge in [-0.25, -0.2) is 0 Å². The minimum Gasteiger partial charge on any atom is -0.0837 e. The number of halogens is 1. The molecule has 3 aliphatic rings. The summed E-state index contributed by atoms with van der Waals surface area (Å²) in [5.41, 5.74) is 29.8. The molecule has 0 unspecified atom stereocenters. The average molecular weight is 1440 g/mol. The molecule has 0 bridgehead atoms. The number of hydrogen-bond acceptors (Lipinski definition) is 0. The quantitative estimate of drug-likeness (QED) is 0.146. The molecule has 3 aliphatic carbocycles. The summed E-state index contributed by atoms with van der Waals surface area (Å²) in [6.07, 6.45) is 0. The summed E-state index contributed by atoms with van der Waals surface area (Å²) in [6.45, 7) is 0. The first kappa shape index (κ1) is 60.6. The minimum atomic E-state index is 0.733. The zero-order valence-corrected chi connectivity index (χ0v) is 61.7. The van der Waals surface area contributed by atoms with Crippen LogP contribution in [-0.4, -0.2) is 0 Å². The topological polar surface area (TPSA) is 0 Å². The molecule has 0 radical (unpaired) electrons. The Morgan fingerprint density at radius 3 is 1.09 bits per heavy atom. The van der Waals surface area contributed by atoms with E-state index in [1.54, 1.807) is 0 Å². The predicted octanol–water partition coefficient (Wildman–Crippen LogP) is 32.3. The number of fused-ring (bicyclic) bond motifs is 22. The van der Waals surface area contributed by atoms with Crippen LogP contribution >= 0.6 is 11.6 Å². The maximum atomic E-state index is 7.56. The molecule has 0 heterocycles. The minimum absolute atomic E-state index is 0.733. The van der Waals surface area contributed by atoms with Gasteiger partial charge in [-0.3, -0.25) is 0 Å². The van der Waals surface area contributed by atoms with Gasteiger partial charge in [0.05, 0.1) is 0 Å². The molecule has 0 aliphatic heterocycles. The third-order valence-corrected chi connectivity index (χ3v) is 26.8. The first-order chi connectivity index (χ1) is 56.0. The van der Waals surface area contributed by atoms with Crippen molar-refractivity contribution < 1.29 is 0 Å². The molecule has 1 heteroatoms. The lowest BCUT2D eigenvalue weighted by atomic mass is 9.81. The Kier molecular flexibility index (Phi) is 11.8. The third kappa shape index (κ3) is 7.95. The Morgan fingerprint density at radius 1 is 0.124 bits per heavy atom. The van der Waals surface area contributed by atoms with Crippen LogP contribution in [-0.2, 0) is 0 Å². The van der Waals surface area contributed by atoms with Gasteiger partial charge in [-0.1, -0.05) is 315 Å². The van der Waals surface area contributed by atoms with Crippen molar-refractivity contribution in [1.82, 2.24) is 0 Å². The lowest BCUT2D eigenvalue weighted by Crippen LogP contribution is -1.95. The van der Waals surface area contributed by atoms with E-state index in [1.807, 2.05) is 0 Å². The van der Waals surface area contributed by atoms with Crippen molar-refractivity contribution in [3.8, 4) is 134 Å². The molecule has 514 valence electrons. The number of benzene rings is 22. The summed E-state index contributed by atoms with van der Waals surface area (Å²) in [6, 6.07) is 137. The predicted molar refractivity (Wildman–Crippen MR) is 485 cm³/mol. The first-order valence-corrected chi connectivity index (χ1v) is 39.8. The van der Waals surface area contributed by atoms with E-state index in [0.29, 0.717) is 0 Å². The standard InChI is InChI=1S/C112H59Cl/c113-98-37-13-12-28-85(98)106-96-57-68-25-9-8-24-67(68)56-95(96)99(107-86-35-16-31-78-74(46-50-88(103(78)86)109(106)107)72-44-48-82-92-54-65-22-6-4-20-63(65)52-90(92)80-33-14-29-76(72)101(80)82)62-40-38-60(39-41-62)69-42-43-84-94(58-69)111-110-89-51-47-75(73-45-49-83-93-55-66-23-7-5-21-64(66)53-91(93)81-34-15-30-77(73)102(81)83)79-32-17-36-87(104(79)89)108(110)100(61-18-2-1-3-19-61)97-59-70-26-10-11-27-71(70)105(84)112(97)111/h1-59H. The molecule has 0 aromatic heterocycles. The van der Waals surface area contributed by atoms with E-state index in [4.69, 9.17) is 11.6 Å². The highest BCUT2D eigenvalue weighted by Gasteiger charge is 2.35. The zero-order valence-electron chi connectivity index (χ0n) is 60.9. The second kappa shape index (κ2) is 22.0. The highest BCUT2D eigenvalue weighted by Crippen LogP contribution is 2.63. The van der Waals surface area contributed by atoms with E-state index in [-0.39, 0.29) is 0 Å². The Labute approximate surface area is 654 Å². The average Bonchev–Trinajstić information content (AvgIpc) is 1.65. The lowest BCUT2D eigenvalue weighted by Gasteiger charge is -2.22. The largest absolute Gasteiger partial charge is 0.0837 e. The molecule has 27 rings (SSSR count). The van der Waals surface area contributed by atoms with Crippen LogP contribution in [0.25, 0.3) is 284 Å². The summed E-state index contributed by atoms with van der Waals surface area (Å²) < 4.78 is 0. The second-order valence-corrected chi connectivity index (χ2v) is 32.3. The van der Waals surface area contributed by atoms with Crippen molar-refractivity contribution in [3.05, 3.63) is 363 Å². The molecule has 24 aromatic rings. The van der Waals surface area contributed by atoms with Gasteiger partial charge in [-0.05, 0) is 333 Å². The SMILES string of the molecule is Clc1ccccc1-c1c2c(c(-c3ccc(-c4ccc5c(c4)c4c6c7ccc(-c8ccc9c%10c(cccc8%10)-c8cc%10ccccc%10cc8-9)c8cccc(c6c(-c6ccccc6)c6cc9ccccc9c5c64)c87)cc3)c3cc4ccccc4cc13)-c1cccc3c(-c4ccc5c6c(cccc46)-c4cc6ccccc6cc4-5)ccc-2c13. The van der Waals surface area contributed by atoms with Crippen LogP contribution in [0.1, 0.15) is 0 Å². The Balaban J connectivity index is 0.673. The molecule has 0 N–H and O–H groups in total. The monoisotopic (exact) mass is 1440 g/mol. The highest BCUT2D eigenvalue weighted by molar-refractivity contribution is 6.51. The molecule has 0 atom stereocenters. The number of hydrogen-bond donors (Lipinski definition) is 0. The molecular formula is C112H59Cl. The number of rotatable bonds is 6. The van der Waals surface area contributed by atoms with Crippen molar-refractivity contribution in [3.63, 3.8) is 0 Å².